The first-order valence-corrected chi connectivity index (χ1v) is 7.39. The van der Waals surface area contributed by atoms with Gasteiger partial charge in [0.15, 0.2) is 0 Å². The minimum absolute atomic E-state index is 0.0767. The molecule has 1 saturated heterocycles. The van der Waals surface area contributed by atoms with Gasteiger partial charge in [-0.2, -0.15) is 0 Å². The second-order valence-corrected chi connectivity index (χ2v) is 6.22. The Balaban J connectivity index is 2.03. The third-order valence-electron chi connectivity index (χ3n) is 4.59. The van der Waals surface area contributed by atoms with Gasteiger partial charge in [0.05, 0.1) is 7.11 Å². The van der Waals surface area contributed by atoms with Crippen LogP contribution in [0.5, 0.6) is 0 Å². The number of fused-ring (bicyclic) bond motifs is 2. The van der Waals surface area contributed by atoms with Crippen molar-refractivity contribution in [2.24, 2.45) is 0 Å². The third-order valence-corrected chi connectivity index (χ3v) is 4.59. The summed E-state index contributed by atoms with van der Waals surface area (Å²) < 4.78 is 4.94. The van der Waals surface area contributed by atoms with Crippen LogP contribution in [0.3, 0.4) is 0 Å². The Labute approximate surface area is 125 Å². The number of methoxy groups -OCH3 is 1. The van der Waals surface area contributed by atoms with Crippen LogP contribution in [0.4, 0.5) is 5.69 Å². The number of nitrogens with one attached hydrogen (secondary N) is 2. The van der Waals surface area contributed by atoms with Gasteiger partial charge >= 0.3 is 5.97 Å². The number of benzene rings is 1. The molecule has 21 heavy (non-hydrogen) atoms. The van der Waals surface area contributed by atoms with Gasteiger partial charge in [0.1, 0.15) is 6.04 Å². The van der Waals surface area contributed by atoms with Crippen LogP contribution in [0.25, 0.3) is 0 Å². The summed E-state index contributed by atoms with van der Waals surface area (Å²) in [5.41, 5.74) is 3.65. The first-order valence-electron chi connectivity index (χ1n) is 7.39. The Morgan fingerprint density at radius 1 is 1.38 bits per heavy atom. The molecule has 2 N–H and O–H groups in total. The summed E-state index contributed by atoms with van der Waals surface area (Å²) in [6.45, 7) is 5.03. The molecule has 0 amide bonds. The van der Waals surface area contributed by atoms with Gasteiger partial charge in [-0.1, -0.05) is 29.8 Å². The molecule has 4 heteroatoms. The average Bonchev–Trinajstić information content (AvgIpc) is 3.02. The first-order chi connectivity index (χ1) is 10.1. The van der Waals surface area contributed by atoms with Crippen LogP contribution in [-0.2, 0) is 14.9 Å². The number of esters is 1. The number of para-hydroxylation sites is 1. The molecule has 1 fully saturated rings. The molecule has 1 aromatic rings. The van der Waals surface area contributed by atoms with Crippen molar-refractivity contribution in [2.45, 2.75) is 37.8 Å². The Hall–Kier alpha value is -1.81. The monoisotopic (exact) mass is 286 g/mol. The van der Waals surface area contributed by atoms with Crippen molar-refractivity contribution >= 4 is 11.7 Å². The van der Waals surface area contributed by atoms with Crippen molar-refractivity contribution in [3.05, 3.63) is 41.5 Å². The average molecular weight is 286 g/mol. The van der Waals surface area contributed by atoms with E-state index >= 15 is 0 Å². The molecular weight excluding hydrogens is 264 g/mol. The quantitative estimate of drug-likeness (QED) is 0.646. The molecule has 0 bridgehead atoms. The second kappa shape index (κ2) is 5.19. The zero-order valence-corrected chi connectivity index (χ0v) is 12.8. The molecule has 0 aromatic heterocycles. The van der Waals surface area contributed by atoms with Gasteiger partial charge in [0.2, 0.25) is 0 Å². The minimum atomic E-state index is -0.247. The predicted molar refractivity (Wildman–Crippen MR) is 83.4 cm³/mol. The Morgan fingerprint density at radius 2 is 2.14 bits per heavy atom. The van der Waals surface area contributed by atoms with E-state index < -0.39 is 0 Å². The number of hydrogen-bond donors (Lipinski definition) is 2. The maximum Gasteiger partial charge on any atom is 0.322 e. The summed E-state index contributed by atoms with van der Waals surface area (Å²) in [6, 6.07) is 8.28. The third kappa shape index (κ3) is 2.23. The number of hydrogen-bond acceptors (Lipinski definition) is 4. The lowest BCUT2D eigenvalue weighted by Gasteiger charge is -2.29. The largest absolute Gasteiger partial charge is 0.468 e. The molecule has 1 aromatic carbocycles. The number of allylic oxidation sites excluding steroid dienone is 1. The van der Waals surface area contributed by atoms with E-state index in [0.29, 0.717) is 0 Å². The van der Waals surface area contributed by atoms with Crippen LogP contribution in [-0.4, -0.2) is 31.7 Å². The smallest absolute Gasteiger partial charge is 0.322 e. The highest BCUT2D eigenvalue weighted by molar-refractivity contribution is 5.77. The van der Waals surface area contributed by atoms with Crippen LogP contribution in [0.1, 0.15) is 25.8 Å². The zero-order chi connectivity index (χ0) is 15.0. The van der Waals surface area contributed by atoms with Gasteiger partial charge in [0.25, 0.3) is 0 Å². The van der Waals surface area contributed by atoms with Crippen molar-refractivity contribution < 1.29 is 9.53 Å². The molecule has 3 atom stereocenters. The predicted octanol–water partition coefficient (Wildman–Crippen LogP) is 2.22. The van der Waals surface area contributed by atoms with Crippen molar-refractivity contribution in [2.75, 3.05) is 19.0 Å². The highest BCUT2D eigenvalue weighted by atomic mass is 16.5. The lowest BCUT2D eigenvalue weighted by Crippen LogP contribution is -2.41. The summed E-state index contributed by atoms with van der Waals surface area (Å²) in [6.07, 6.45) is 2.99. The molecule has 2 aliphatic rings. The summed E-state index contributed by atoms with van der Waals surface area (Å²) in [7, 11) is 1.45. The Kier molecular flexibility index (Phi) is 3.49. The highest BCUT2D eigenvalue weighted by Gasteiger charge is 2.52. The van der Waals surface area contributed by atoms with E-state index in [4.69, 9.17) is 4.74 Å². The maximum atomic E-state index is 12.0. The summed E-state index contributed by atoms with van der Waals surface area (Å²) >= 11 is 0. The fraction of sp³-hybridized carbons (Fsp3) is 0.471. The highest BCUT2D eigenvalue weighted by Crippen LogP contribution is 2.46. The second-order valence-electron chi connectivity index (χ2n) is 6.22. The van der Waals surface area contributed by atoms with E-state index in [-0.39, 0.29) is 23.5 Å². The van der Waals surface area contributed by atoms with Gasteiger partial charge < -0.3 is 10.1 Å². The fourth-order valence-corrected chi connectivity index (χ4v) is 3.64. The molecule has 2 heterocycles. The van der Waals surface area contributed by atoms with Crippen molar-refractivity contribution in [3.8, 4) is 0 Å². The topological polar surface area (TPSA) is 50.4 Å². The number of rotatable bonds is 2. The van der Waals surface area contributed by atoms with Gasteiger partial charge in [-0.25, -0.2) is 0 Å². The van der Waals surface area contributed by atoms with Crippen molar-refractivity contribution in [3.63, 3.8) is 0 Å². The van der Waals surface area contributed by atoms with E-state index in [1.807, 2.05) is 6.07 Å². The molecular formula is C17H22N2O2. The van der Waals surface area contributed by atoms with Gasteiger partial charge in [-0.05, 0) is 31.9 Å². The van der Waals surface area contributed by atoms with E-state index in [1.165, 1.54) is 23.9 Å². The maximum absolute atomic E-state index is 12.0. The van der Waals surface area contributed by atoms with Crippen LogP contribution in [0.2, 0.25) is 0 Å². The van der Waals surface area contributed by atoms with Gasteiger partial charge in [0, 0.05) is 23.7 Å². The molecule has 0 aliphatic carbocycles. The van der Waals surface area contributed by atoms with Crippen molar-refractivity contribution in [1.82, 2.24) is 5.32 Å². The van der Waals surface area contributed by atoms with Gasteiger partial charge in [-0.3, -0.25) is 10.1 Å². The van der Waals surface area contributed by atoms with Crippen LogP contribution in [0.15, 0.2) is 35.9 Å². The van der Waals surface area contributed by atoms with Crippen LogP contribution < -0.4 is 10.6 Å². The van der Waals surface area contributed by atoms with E-state index in [9.17, 15) is 4.79 Å². The van der Waals surface area contributed by atoms with Crippen LogP contribution in [0, 0.1) is 0 Å². The van der Waals surface area contributed by atoms with Crippen LogP contribution >= 0.6 is 0 Å². The van der Waals surface area contributed by atoms with E-state index in [0.717, 1.165) is 13.0 Å². The Bertz CT molecular complexity index is 592. The van der Waals surface area contributed by atoms with Crippen molar-refractivity contribution in [1.29, 1.82) is 0 Å². The summed E-state index contributed by atoms with van der Waals surface area (Å²) in [4.78, 5) is 12.0. The normalized spacial score (nSPS) is 29.9. The standard InChI is InChI=1S/C17H22N2O2/c1-11(2)8-15-17(9-14(19-15)16(20)21-3)10-18-13-7-5-4-6-12(13)17/h4-8,14-15,18-19H,9-10H2,1-3H3/t14-,15+,17+/m0/s1. The molecule has 3 rings (SSSR count). The SMILES string of the molecule is COC(=O)[C@@H]1C[C@]2(CNc3ccccc32)[C@@H](C=C(C)C)N1. The minimum Gasteiger partial charge on any atom is -0.468 e. The molecule has 0 unspecified atom stereocenters. The van der Waals surface area contributed by atoms with E-state index in [2.05, 4.69) is 48.8 Å². The molecule has 2 aliphatic heterocycles. The summed E-state index contributed by atoms with van der Waals surface area (Å²) in [5.74, 6) is -0.177. The first kappa shape index (κ1) is 14.1. The molecule has 0 radical (unpaired) electrons. The number of carbonyl (C=O) groups excluding carboxylic acids is 1. The fourth-order valence-electron chi connectivity index (χ4n) is 3.64. The van der Waals surface area contributed by atoms with Gasteiger partial charge in [-0.15, -0.1) is 0 Å². The lowest BCUT2D eigenvalue weighted by atomic mass is 9.74. The molecule has 4 nitrogen and oxygen atoms in total. The Morgan fingerprint density at radius 3 is 2.86 bits per heavy atom. The molecule has 1 spiro atoms. The lowest BCUT2D eigenvalue weighted by molar-refractivity contribution is -0.142. The number of anilines is 1. The number of ether oxygens (including phenoxy) is 1. The van der Waals surface area contributed by atoms with E-state index in [1.54, 1.807) is 0 Å². The summed E-state index contributed by atoms with van der Waals surface area (Å²) in [5, 5.41) is 6.95. The molecule has 0 saturated carbocycles. The number of carbonyl (C=O) groups is 1. The molecule has 112 valence electrons. The zero-order valence-electron chi connectivity index (χ0n) is 12.8.